The molecular formula is C15H22FNO. The van der Waals surface area contributed by atoms with Crippen LogP contribution in [0.3, 0.4) is 0 Å². The number of allylic oxidation sites excluding steroid dienone is 5. The van der Waals surface area contributed by atoms with Crippen LogP contribution in [0.2, 0.25) is 0 Å². The predicted octanol–water partition coefficient (Wildman–Crippen LogP) is 3.57. The molecule has 0 saturated carbocycles. The van der Waals surface area contributed by atoms with Gasteiger partial charge in [-0.2, -0.15) is 0 Å². The first-order chi connectivity index (χ1) is 8.69. The molecule has 0 atom stereocenters. The van der Waals surface area contributed by atoms with Gasteiger partial charge in [-0.05, 0) is 56.5 Å². The van der Waals surface area contributed by atoms with Crippen LogP contribution in [0, 0.1) is 0 Å². The Morgan fingerprint density at radius 1 is 1.33 bits per heavy atom. The van der Waals surface area contributed by atoms with Crippen LogP contribution in [0.4, 0.5) is 4.39 Å². The fourth-order valence-electron chi connectivity index (χ4n) is 2.44. The van der Waals surface area contributed by atoms with E-state index >= 15 is 0 Å². The molecule has 1 heterocycles. The number of piperidine rings is 1. The van der Waals surface area contributed by atoms with Crippen LogP contribution in [0.15, 0.2) is 35.4 Å². The van der Waals surface area contributed by atoms with Gasteiger partial charge in [-0.25, -0.2) is 4.39 Å². The van der Waals surface area contributed by atoms with Crippen LogP contribution in [0.5, 0.6) is 0 Å². The number of likely N-dealkylation sites (tertiary alicyclic amines) is 1. The number of halogens is 1. The van der Waals surface area contributed by atoms with Gasteiger partial charge in [0.2, 0.25) is 0 Å². The molecule has 2 rings (SSSR count). The third-order valence-corrected chi connectivity index (χ3v) is 3.63. The van der Waals surface area contributed by atoms with E-state index in [4.69, 9.17) is 4.74 Å². The van der Waals surface area contributed by atoms with Gasteiger partial charge in [0.15, 0.2) is 0 Å². The maximum atomic E-state index is 13.2. The zero-order chi connectivity index (χ0) is 13.0. The lowest BCUT2D eigenvalue weighted by molar-refractivity contribution is 0.0554. The standard InChI is InChI=1S/C15H22FNO/c1-3-17-9-7-14(8-10-17)18-15-6-4-5-13(16)11-12(15)2/h5-6,11,14H,3-4,7-10H2,1-2H3. The third-order valence-electron chi connectivity index (χ3n) is 3.63. The lowest BCUT2D eigenvalue weighted by Gasteiger charge is -2.32. The summed E-state index contributed by atoms with van der Waals surface area (Å²) in [5, 5.41) is 0. The average molecular weight is 251 g/mol. The minimum Gasteiger partial charge on any atom is -0.490 e. The number of ether oxygens (including phenoxy) is 1. The first-order valence-corrected chi connectivity index (χ1v) is 6.82. The molecule has 0 unspecified atom stereocenters. The van der Waals surface area contributed by atoms with Crippen molar-refractivity contribution < 1.29 is 9.13 Å². The molecule has 0 aromatic carbocycles. The zero-order valence-corrected chi connectivity index (χ0v) is 11.3. The molecule has 0 amide bonds. The Kier molecular flexibility index (Phi) is 4.59. The highest BCUT2D eigenvalue weighted by Gasteiger charge is 2.20. The Labute approximate surface area is 109 Å². The quantitative estimate of drug-likeness (QED) is 0.760. The second kappa shape index (κ2) is 6.19. The van der Waals surface area contributed by atoms with E-state index in [9.17, 15) is 4.39 Å². The van der Waals surface area contributed by atoms with Crippen LogP contribution < -0.4 is 0 Å². The highest BCUT2D eigenvalue weighted by atomic mass is 19.1. The second-order valence-electron chi connectivity index (χ2n) is 4.97. The molecule has 0 aromatic heterocycles. The van der Waals surface area contributed by atoms with E-state index in [0.717, 1.165) is 43.8 Å². The lowest BCUT2D eigenvalue weighted by Crippen LogP contribution is -2.36. The van der Waals surface area contributed by atoms with E-state index in [2.05, 4.69) is 11.8 Å². The van der Waals surface area contributed by atoms with Crippen molar-refractivity contribution in [1.82, 2.24) is 4.90 Å². The number of hydrogen-bond acceptors (Lipinski definition) is 2. The van der Waals surface area contributed by atoms with E-state index < -0.39 is 0 Å². The number of nitrogens with zero attached hydrogens (tertiary/aromatic N) is 1. The van der Waals surface area contributed by atoms with Crippen LogP contribution in [0.25, 0.3) is 0 Å². The topological polar surface area (TPSA) is 12.5 Å². The summed E-state index contributed by atoms with van der Waals surface area (Å²) in [5.41, 5.74) is 0.888. The fraction of sp³-hybridized carbons (Fsp3) is 0.600. The van der Waals surface area contributed by atoms with Gasteiger partial charge in [-0.15, -0.1) is 0 Å². The number of hydrogen-bond donors (Lipinski definition) is 0. The molecule has 0 bridgehead atoms. The average Bonchev–Trinajstić information content (AvgIpc) is 2.52. The monoisotopic (exact) mass is 251 g/mol. The van der Waals surface area contributed by atoms with Gasteiger partial charge >= 0.3 is 0 Å². The highest BCUT2D eigenvalue weighted by Crippen LogP contribution is 2.24. The molecule has 1 aliphatic carbocycles. The molecule has 1 aliphatic heterocycles. The third kappa shape index (κ3) is 3.45. The fourth-order valence-corrected chi connectivity index (χ4v) is 2.44. The summed E-state index contributed by atoms with van der Waals surface area (Å²) in [6.07, 6.45) is 8.14. The SMILES string of the molecule is CCN1CCC(OC2=CCC=C(F)C=C2C)CC1. The largest absolute Gasteiger partial charge is 0.490 e. The van der Waals surface area contributed by atoms with Crippen LogP contribution in [-0.4, -0.2) is 30.6 Å². The van der Waals surface area contributed by atoms with Crippen LogP contribution >= 0.6 is 0 Å². The molecule has 0 spiro atoms. The number of rotatable bonds is 3. The molecule has 0 N–H and O–H groups in total. The minimum absolute atomic E-state index is 0.164. The first-order valence-electron chi connectivity index (χ1n) is 6.82. The maximum absolute atomic E-state index is 13.2. The van der Waals surface area contributed by atoms with Gasteiger partial charge in [0, 0.05) is 13.1 Å². The van der Waals surface area contributed by atoms with E-state index in [-0.39, 0.29) is 11.9 Å². The molecule has 1 saturated heterocycles. The van der Waals surface area contributed by atoms with Crippen molar-refractivity contribution in [2.24, 2.45) is 0 Å². The Balaban J connectivity index is 1.91. The van der Waals surface area contributed by atoms with Crippen molar-refractivity contribution >= 4 is 0 Å². The summed E-state index contributed by atoms with van der Waals surface area (Å²) >= 11 is 0. The molecule has 18 heavy (non-hydrogen) atoms. The maximum Gasteiger partial charge on any atom is 0.119 e. The van der Waals surface area contributed by atoms with E-state index in [1.165, 1.54) is 0 Å². The van der Waals surface area contributed by atoms with E-state index in [1.807, 2.05) is 13.0 Å². The molecule has 2 aliphatic rings. The van der Waals surface area contributed by atoms with Crippen molar-refractivity contribution in [3.63, 3.8) is 0 Å². The van der Waals surface area contributed by atoms with Crippen molar-refractivity contribution in [2.45, 2.75) is 39.2 Å². The van der Waals surface area contributed by atoms with E-state index in [1.54, 1.807) is 12.2 Å². The van der Waals surface area contributed by atoms with E-state index in [0.29, 0.717) is 6.42 Å². The summed E-state index contributed by atoms with van der Waals surface area (Å²) in [7, 11) is 0. The van der Waals surface area contributed by atoms with Crippen LogP contribution in [0.1, 0.15) is 33.1 Å². The molecule has 3 heteroatoms. The van der Waals surface area contributed by atoms with Gasteiger partial charge in [0.25, 0.3) is 0 Å². The van der Waals surface area contributed by atoms with Gasteiger partial charge in [0.05, 0.1) is 0 Å². The van der Waals surface area contributed by atoms with Crippen molar-refractivity contribution in [3.8, 4) is 0 Å². The molecular weight excluding hydrogens is 229 g/mol. The zero-order valence-electron chi connectivity index (χ0n) is 11.3. The lowest BCUT2D eigenvalue weighted by atomic mass is 10.1. The van der Waals surface area contributed by atoms with Crippen molar-refractivity contribution in [1.29, 1.82) is 0 Å². The van der Waals surface area contributed by atoms with Gasteiger partial charge < -0.3 is 9.64 Å². The van der Waals surface area contributed by atoms with Crippen molar-refractivity contribution in [2.75, 3.05) is 19.6 Å². The Morgan fingerprint density at radius 3 is 2.72 bits per heavy atom. The normalized spacial score (nSPS) is 22.9. The molecule has 0 aromatic rings. The van der Waals surface area contributed by atoms with Crippen molar-refractivity contribution in [3.05, 3.63) is 35.4 Å². The summed E-state index contributed by atoms with van der Waals surface area (Å²) in [5.74, 6) is 0.692. The Hall–Kier alpha value is -1.09. The van der Waals surface area contributed by atoms with Gasteiger partial charge in [-0.1, -0.05) is 6.92 Å². The highest BCUT2D eigenvalue weighted by molar-refractivity contribution is 5.33. The van der Waals surface area contributed by atoms with Crippen LogP contribution in [-0.2, 0) is 4.74 Å². The molecule has 100 valence electrons. The Bertz CT molecular complexity index is 376. The smallest absolute Gasteiger partial charge is 0.119 e. The minimum atomic E-state index is -0.164. The van der Waals surface area contributed by atoms with Gasteiger partial charge in [0.1, 0.15) is 17.7 Å². The summed E-state index contributed by atoms with van der Waals surface area (Å²) in [6.45, 7) is 7.42. The molecule has 0 radical (unpaired) electrons. The first kappa shape index (κ1) is 13.3. The predicted molar refractivity (Wildman–Crippen MR) is 71.9 cm³/mol. The summed E-state index contributed by atoms with van der Waals surface area (Å²) < 4.78 is 19.3. The van der Waals surface area contributed by atoms with Gasteiger partial charge in [-0.3, -0.25) is 0 Å². The molecule has 1 fully saturated rings. The Morgan fingerprint density at radius 2 is 2.06 bits per heavy atom. The molecule has 2 nitrogen and oxygen atoms in total. The summed E-state index contributed by atoms with van der Waals surface area (Å²) in [6, 6.07) is 0. The second-order valence-corrected chi connectivity index (χ2v) is 4.97. The summed E-state index contributed by atoms with van der Waals surface area (Å²) in [4.78, 5) is 2.44.